The van der Waals surface area contributed by atoms with Gasteiger partial charge in [0, 0.05) is 28.6 Å². The number of carbonyl (C=O) groups excluding carboxylic acids is 1. The van der Waals surface area contributed by atoms with E-state index in [0.29, 0.717) is 11.1 Å². The minimum absolute atomic E-state index is 0. The second-order valence-electron chi connectivity index (χ2n) is 5.34. The van der Waals surface area contributed by atoms with E-state index in [1.54, 1.807) is 0 Å². The molecule has 0 aromatic heterocycles. The Morgan fingerprint density at radius 1 is 0.962 bits per heavy atom. The van der Waals surface area contributed by atoms with E-state index in [9.17, 15) is 30.7 Å². The SMILES string of the molecule is O=C1c2cccc3c(S(=O)(=O)[O-])ccc(c23)N1CCCS(=O)(=O)[O-].[K+].[K+]. The summed E-state index contributed by atoms with van der Waals surface area (Å²) in [5.74, 6) is -1.04. The molecule has 12 heteroatoms. The standard InChI is InChI=1S/C14H13NO7S2.2K/c16-14-10-4-1-3-9-12(24(20,21)22)6-5-11(13(9)10)15(14)7-2-8-23(17,18)19;;/h1,3-6H,2,7-8H2,(H,17,18,19)(H,20,21,22);;/q;2*+1/p-2. The molecule has 0 aliphatic carbocycles. The number of benzene rings is 2. The predicted molar refractivity (Wildman–Crippen MR) is 82.8 cm³/mol. The Labute approximate surface area is 236 Å². The minimum atomic E-state index is -4.71. The molecule has 0 radical (unpaired) electrons. The summed E-state index contributed by atoms with van der Waals surface area (Å²) < 4.78 is 66.2. The zero-order chi connectivity index (χ0) is 17.7. The van der Waals surface area contributed by atoms with Gasteiger partial charge in [0.2, 0.25) is 0 Å². The number of hydrogen-bond acceptors (Lipinski definition) is 7. The summed E-state index contributed by atoms with van der Waals surface area (Å²) in [5.41, 5.74) is 0.624. The number of carbonyl (C=O) groups is 1. The molecule has 0 fully saturated rings. The molecule has 1 aliphatic rings. The fraction of sp³-hybridized carbons (Fsp3) is 0.214. The van der Waals surface area contributed by atoms with Crippen molar-refractivity contribution in [3.63, 3.8) is 0 Å². The van der Waals surface area contributed by atoms with Crippen LogP contribution in [0.1, 0.15) is 16.8 Å². The Hall–Kier alpha value is 1.26. The van der Waals surface area contributed by atoms with Crippen molar-refractivity contribution in [3.05, 3.63) is 35.9 Å². The second kappa shape index (κ2) is 9.38. The van der Waals surface area contributed by atoms with Gasteiger partial charge in [0.15, 0.2) is 0 Å². The molecular formula is C14H11K2NO7S2. The molecule has 2 aromatic carbocycles. The fourth-order valence-electron chi connectivity index (χ4n) is 2.86. The molecular weight excluding hydrogens is 436 g/mol. The largest absolute Gasteiger partial charge is 1.00 e. The molecule has 8 nitrogen and oxygen atoms in total. The number of hydrogen-bond donors (Lipinski definition) is 0. The van der Waals surface area contributed by atoms with E-state index < -0.39 is 36.8 Å². The van der Waals surface area contributed by atoms with Crippen molar-refractivity contribution in [1.82, 2.24) is 0 Å². The summed E-state index contributed by atoms with van der Waals surface area (Å²) in [6, 6.07) is 6.87. The third-order valence-electron chi connectivity index (χ3n) is 3.79. The van der Waals surface area contributed by atoms with Crippen molar-refractivity contribution >= 4 is 42.6 Å². The monoisotopic (exact) mass is 447 g/mol. The predicted octanol–water partition coefficient (Wildman–Crippen LogP) is -5.35. The van der Waals surface area contributed by atoms with Crippen molar-refractivity contribution in [2.45, 2.75) is 11.3 Å². The van der Waals surface area contributed by atoms with E-state index in [1.807, 2.05) is 0 Å². The molecule has 0 atom stereocenters. The summed E-state index contributed by atoms with van der Waals surface area (Å²) >= 11 is 0. The molecule has 0 bridgehead atoms. The van der Waals surface area contributed by atoms with E-state index in [4.69, 9.17) is 0 Å². The molecule has 1 heterocycles. The van der Waals surface area contributed by atoms with Gasteiger partial charge in [0.1, 0.15) is 10.1 Å². The van der Waals surface area contributed by atoms with E-state index in [0.717, 1.165) is 6.07 Å². The van der Waals surface area contributed by atoms with Crippen LogP contribution in [0.25, 0.3) is 10.8 Å². The first-order chi connectivity index (χ1) is 11.1. The molecule has 1 amide bonds. The van der Waals surface area contributed by atoms with Crippen molar-refractivity contribution in [2.75, 3.05) is 17.2 Å². The third-order valence-corrected chi connectivity index (χ3v) is 5.47. The number of anilines is 1. The van der Waals surface area contributed by atoms with E-state index in [2.05, 4.69) is 0 Å². The molecule has 0 unspecified atom stereocenters. The van der Waals surface area contributed by atoms with E-state index >= 15 is 0 Å². The van der Waals surface area contributed by atoms with Crippen LogP contribution in [0.2, 0.25) is 0 Å². The number of rotatable bonds is 5. The summed E-state index contributed by atoms with van der Waals surface area (Å²) in [4.78, 5) is 13.3. The first kappa shape index (κ1) is 25.3. The van der Waals surface area contributed by atoms with Crippen LogP contribution in [0.15, 0.2) is 35.2 Å². The fourth-order valence-corrected chi connectivity index (χ4v) is 4.02. The van der Waals surface area contributed by atoms with Crippen molar-refractivity contribution in [2.24, 2.45) is 0 Å². The van der Waals surface area contributed by atoms with Gasteiger partial charge in [-0.15, -0.1) is 0 Å². The van der Waals surface area contributed by atoms with Gasteiger partial charge in [-0.2, -0.15) is 0 Å². The van der Waals surface area contributed by atoms with E-state index in [1.165, 1.54) is 29.2 Å². The van der Waals surface area contributed by atoms with Crippen molar-refractivity contribution < 1.29 is 134 Å². The Kier molecular flexibility index (Phi) is 9.13. The smallest absolute Gasteiger partial charge is 0.748 e. The second-order valence-corrected chi connectivity index (χ2v) is 8.21. The summed E-state index contributed by atoms with van der Waals surface area (Å²) in [6.07, 6.45) is -0.0470. The van der Waals surface area contributed by atoms with Crippen LogP contribution in [0.3, 0.4) is 0 Å². The Balaban J connectivity index is 0.00000169. The minimum Gasteiger partial charge on any atom is -0.748 e. The van der Waals surface area contributed by atoms with Gasteiger partial charge in [-0.3, -0.25) is 4.79 Å². The van der Waals surface area contributed by atoms with Gasteiger partial charge in [0.25, 0.3) is 5.91 Å². The van der Waals surface area contributed by atoms with Crippen molar-refractivity contribution in [1.29, 1.82) is 0 Å². The summed E-state index contributed by atoms with van der Waals surface area (Å²) in [5, 5.41) is 0.483. The van der Waals surface area contributed by atoms with Crippen LogP contribution in [-0.4, -0.2) is 44.1 Å². The van der Waals surface area contributed by atoms with Crippen LogP contribution >= 0.6 is 0 Å². The first-order valence-electron chi connectivity index (χ1n) is 6.87. The third kappa shape index (κ3) is 5.24. The van der Waals surface area contributed by atoms with Crippen LogP contribution in [-0.2, 0) is 20.2 Å². The molecule has 26 heavy (non-hydrogen) atoms. The van der Waals surface area contributed by atoms with Crippen molar-refractivity contribution in [3.8, 4) is 0 Å². The first-order valence-corrected chi connectivity index (χ1v) is 9.85. The topological polar surface area (TPSA) is 135 Å². The normalized spacial score (nSPS) is 13.5. The summed E-state index contributed by atoms with van der Waals surface area (Å²) in [6.45, 7) is -0.00639. The quantitative estimate of drug-likeness (QED) is 0.330. The maximum atomic E-state index is 12.5. The molecule has 3 rings (SSSR count). The van der Waals surface area contributed by atoms with E-state index in [-0.39, 0.29) is 127 Å². The molecule has 0 saturated carbocycles. The molecule has 2 aromatic rings. The summed E-state index contributed by atoms with van der Waals surface area (Å²) in [7, 11) is -9.09. The zero-order valence-corrected chi connectivity index (χ0v) is 22.0. The van der Waals surface area contributed by atoms with Gasteiger partial charge < -0.3 is 14.0 Å². The van der Waals surface area contributed by atoms with Gasteiger partial charge in [-0.1, -0.05) is 12.1 Å². The molecule has 1 aliphatic heterocycles. The van der Waals surface area contributed by atoms with Crippen LogP contribution in [0.4, 0.5) is 5.69 Å². The average molecular weight is 448 g/mol. The maximum absolute atomic E-state index is 12.5. The Morgan fingerprint density at radius 2 is 1.62 bits per heavy atom. The van der Waals surface area contributed by atoms with Gasteiger partial charge in [-0.25, -0.2) is 16.8 Å². The maximum Gasteiger partial charge on any atom is 1.00 e. The average Bonchev–Trinajstić information content (AvgIpc) is 2.73. The molecule has 0 saturated heterocycles. The van der Waals surface area contributed by atoms with Gasteiger partial charge in [0.05, 0.1) is 20.7 Å². The van der Waals surface area contributed by atoms with Crippen LogP contribution in [0, 0.1) is 0 Å². The number of amides is 1. The molecule has 0 N–H and O–H groups in total. The number of nitrogens with zero attached hydrogens (tertiary/aromatic N) is 1. The van der Waals surface area contributed by atoms with Gasteiger partial charge in [-0.05, 0) is 24.6 Å². The molecule has 0 spiro atoms. The Bertz CT molecular complexity index is 1070. The molecule has 128 valence electrons. The Morgan fingerprint density at radius 3 is 2.19 bits per heavy atom. The van der Waals surface area contributed by atoms with Gasteiger partial charge >= 0.3 is 103 Å². The van der Waals surface area contributed by atoms with Crippen LogP contribution in [0.5, 0.6) is 0 Å². The zero-order valence-electron chi connectivity index (χ0n) is 14.1. The van der Waals surface area contributed by atoms with Crippen LogP contribution < -0.4 is 108 Å².